The molecular weight excluding hydrogens is 372 g/mol. The molecule has 0 aliphatic rings. The van der Waals surface area contributed by atoms with Crippen LogP contribution in [0.15, 0.2) is 59.1 Å². The van der Waals surface area contributed by atoms with Crippen molar-refractivity contribution in [2.45, 2.75) is 6.54 Å². The first-order valence-corrected chi connectivity index (χ1v) is 8.01. The van der Waals surface area contributed by atoms with E-state index < -0.39 is 5.91 Å². The van der Waals surface area contributed by atoms with Gasteiger partial charge in [-0.1, -0.05) is 40.2 Å². The first-order chi connectivity index (χ1) is 11.6. The summed E-state index contributed by atoms with van der Waals surface area (Å²) in [6, 6.07) is 16.9. The maximum absolute atomic E-state index is 11.7. The van der Waals surface area contributed by atoms with Crippen molar-refractivity contribution in [3.05, 3.63) is 70.3 Å². The maximum Gasteiger partial charge on any atom is 0.295 e. The Bertz CT molecular complexity index is 857. The molecule has 1 heterocycles. The van der Waals surface area contributed by atoms with Crippen LogP contribution in [0.4, 0.5) is 0 Å². The number of carbonyl (C=O) groups is 1. The number of hydrogen-bond acceptors (Lipinski definition) is 4. The molecule has 0 saturated carbocycles. The SMILES string of the molecule is NCc1ccc(-n2nc(C(=O)NO)cc2-c2ccc(Br)cc2)cc1. The Morgan fingerprint density at radius 3 is 2.42 bits per heavy atom. The van der Waals surface area contributed by atoms with Crippen molar-refractivity contribution < 1.29 is 10.0 Å². The van der Waals surface area contributed by atoms with Crippen molar-refractivity contribution in [1.29, 1.82) is 0 Å². The van der Waals surface area contributed by atoms with Crippen LogP contribution >= 0.6 is 15.9 Å². The number of benzene rings is 2. The Balaban J connectivity index is 2.13. The molecule has 0 fully saturated rings. The van der Waals surface area contributed by atoms with Crippen LogP contribution in [-0.4, -0.2) is 20.9 Å². The summed E-state index contributed by atoms with van der Waals surface area (Å²) in [4.78, 5) is 11.7. The van der Waals surface area contributed by atoms with E-state index in [4.69, 9.17) is 10.9 Å². The molecule has 0 aliphatic heterocycles. The van der Waals surface area contributed by atoms with Gasteiger partial charge in [0.25, 0.3) is 5.91 Å². The minimum absolute atomic E-state index is 0.123. The standard InChI is InChI=1S/C17H15BrN4O2/c18-13-5-3-12(4-6-13)16-9-15(17(23)21-24)20-22(16)14-7-1-11(10-19)2-8-14/h1-9,24H,10,19H2,(H,21,23). The van der Waals surface area contributed by atoms with Crippen LogP contribution in [0.2, 0.25) is 0 Å². The molecule has 7 heteroatoms. The monoisotopic (exact) mass is 386 g/mol. The zero-order valence-electron chi connectivity index (χ0n) is 12.6. The quantitative estimate of drug-likeness (QED) is 0.474. The minimum atomic E-state index is -0.661. The Morgan fingerprint density at radius 2 is 1.83 bits per heavy atom. The summed E-state index contributed by atoms with van der Waals surface area (Å²) in [5.74, 6) is -0.661. The molecule has 0 radical (unpaired) electrons. The fourth-order valence-electron chi connectivity index (χ4n) is 2.35. The van der Waals surface area contributed by atoms with Crippen molar-refractivity contribution >= 4 is 21.8 Å². The summed E-state index contributed by atoms with van der Waals surface area (Å²) in [6.07, 6.45) is 0. The number of nitrogens with two attached hydrogens (primary N) is 1. The number of aromatic nitrogens is 2. The molecular formula is C17H15BrN4O2. The van der Waals surface area contributed by atoms with E-state index in [1.54, 1.807) is 16.2 Å². The number of halogens is 1. The molecule has 4 N–H and O–H groups in total. The second-order valence-electron chi connectivity index (χ2n) is 5.15. The summed E-state index contributed by atoms with van der Waals surface area (Å²) in [5, 5.41) is 13.2. The molecule has 3 rings (SSSR count). The molecule has 3 aromatic rings. The van der Waals surface area contributed by atoms with E-state index in [1.807, 2.05) is 48.5 Å². The molecule has 1 aromatic heterocycles. The zero-order chi connectivity index (χ0) is 17.1. The van der Waals surface area contributed by atoms with Gasteiger partial charge in [-0.25, -0.2) is 10.2 Å². The Labute approximate surface area is 147 Å². The molecule has 0 bridgehead atoms. The van der Waals surface area contributed by atoms with Crippen LogP contribution in [0.1, 0.15) is 16.1 Å². The molecule has 0 saturated heterocycles. The second kappa shape index (κ2) is 6.96. The average molecular weight is 387 g/mol. The number of nitrogens with one attached hydrogen (secondary N) is 1. The highest BCUT2D eigenvalue weighted by molar-refractivity contribution is 9.10. The van der Waals surface area contributed by atoms with E-state index in [9.17, 15) is 4.79 Å². The lowest BCUT2D eigenvalue weighted by Gasteiger charge is -2.08. The highest BCUT2D eigenvalue weighted by Crippen LogP contribution is 2.26. The van der Waals surface area contributed by atoms with Crippen molar-refractivity contribution in [2.75, 3.05) is 0 Å². The van der Waals surface area contributed by atoms with Crippen LogP contribution in [0.3, 0.4) is 0 Å². The van der Waals surface area contributed by atoms with Gasteiger partial charge in [0.05, 0.1) is 11.4 Å². The number of nitrogens with zero attached hydrogens (tertiary/aromatic N) is 2. The lowest BCUT2D eigenvalue weighted by atomic mass is 10.1. The van der Waals surface area contributed by atoms with Crippen LogP contribution in [-0.2, 0) is 6.54 Å². The topological polar surface area (TPSA) is 93.2 Å². The van der Waals surface area contributed by atoms with Gasteiger partial charge >= 0.3 is 0 Å². The second-order valence-corrected chi connectivity index (χ2v) is 6.06. The fraction of sp³-hybridized carbons (Fsp3) is 0.0588. The summed E-state index contributed by atoms with van der Waals surface area (Å²) < 4.78 is 2.62. The third-order valence-electron chi connectivity index (χ3n) is 3.60. The van der Waals surface area contributed by atoms with Crippen molar-refractivity contribution in [3.8, 4) is 16.9 Å². The molecule has 0 spiro atoms. The van der Waals surface area contributed by atoms with E-state index in [0.29, 0.717) is 6.54 Å². The Hall–Kier alpha value is -2.48. The van der Waals surface area contributed by atoms with Gasteiger partial charge in [-0.3, -0.25) is 10.0 Å². The summed E-state index contributed by atoms with van der Waals surface area (Å²) >= 11 is 3.41. The number of rotatable bonds is 4. The maximum atomic E-state index is 11.7. The summed E-state index contributed by atoms with van der Waals surface area (Å²) in [7, 11) is 0. The molecule has 24 heavy (non-hydrogen) atoms. The average Bonchev–Trinajstić information content (AvgIpc) is 3.07. The van der Waals surface area contributed by atoms with E-state index in [0.717, 1.165) is 27.0 Å². The number of carbonyl (C=O) groups excluding carboxylic acids is 1. The molecule has 122 valence electrons. The van der Waals surface area contributed by atoms with Gasteiger partial charge in [-0.05, 0) is 35.9 Å². The Kier molecular flexibility index (Phi) is 4.75. The third-order valence-corrected chi connectivity index (χ3v) is 4.13. The van der Waals surface area contributed by atoms with Gasteiger partial charge in [0, 0.05) is 16.6 Å². The highest BCUT2D eigenvalue weighted by Gasteiger charge is 2.16. The van der Waals surface area contributed by atoms with Crippen molar-refractivity contribution in [1.82, 2.24) is 15.3 Å². The predicted octanol–water partition coefficient (Wildman–Crippen LogP) is 2.88. The normalized spacial score (nSPS) is 10.6. The highest BCUT2D eigenvalue weighted by atomic mass is 79.9. The van der Waals surface area contributed by atoms with E-state index >= 15 is 0 Å². The smallest absolute Gasteiger partial charge is 0.295 e. The fourth-order valence-corrected chi connectivity index (χ4v) is 2.61. The van der Waals surface area contributed by atoms with Crippen LogP contribution in [0.25, 0.3) is 16.9 Å². The number of amides is 1. The number of hydroxylamine groups is 1. The van der Waals surface area contributed by atoms with Gasteiger partial charge in [0.2, 0.25) is 0 Å². The van der Waals surface area contributed by atoms with Crippen LogP contribution in [0.5, 0.6) is 0 Å². The first kappa shape index (κ1) is 16.4. The van der Waals surface area contributed by atoms with Gasteiger partial charge < -0.3 is 5.73 Å². The summed E-state index contributed by atoms with van der Waals surface area (Å²) in [6.45, 7) is 0.455. The van der Waals surface area contributed by atoms with Gasteiger partial charge in [0.15, 0.2) is 5.69 Å². The van der Waals surface area contributed by atoms with Crippen LogP contribution in [0, 0.1) is 0 Å². The van der Waals surface area contributed by atoms with Crippen LogP contribution < -0.4 is 11.2 Å². The lowest BCUT2D eigenvalue weighted by molar-refractivity contribution is 0.0700. The van der Waals surface area contributed by atoms with Crippen molar-refractivity contribution in [2.24, 2.45) is 5.73 Å². The Morgan fingerprint density at radius 1 is 1.17 bits per heavy atom. The van der Waals surface area contributed by atoms with E-state index in [-0.39, 0.29) is 5.69 Å². The largest absolute Gasteiger partial charge is 0.326 e. The molecule has 2 aromatic carbocycles. The number of hydrogen-bond donors (Lipinski definition) is 3. The predicted molar refractivity (Wildman–Crippen MR) is 93.8 cm³/mol. The molecule has 0 atom stereocenters. The van der Waals surface area contributed by atoms with Gasteiger partial charge in [0.1, 0.15) is 0 Å². The third kappa shape index (κ3) is 3.23. The molecule has 1 amide bonds. The lowest BCUT2D eigenvalue weighted by Crippen LogP contribution is -2.19. The van der Waals surface area contributed by atoms with Gasteiger partial charge in [-0.2, -0.15) is 5.10 Å². The molecule has 0 aliphatic carbocycles. The molecule has 6 nitrogen and oxygen atoms in total. The van der Waals surface area contributed by atoms with E-state index in [2.05, 4.69) is 21.0 Å². The summed E-state index contributed by atoms with van der Waals surface area (Å²) in [5.41, 5.74) is 10.8. The van der Waals surface area contributed by atoms with E-state index in [1.165, 1.54) is 0 Å². The molecule has 0 unspecified atom stereocenters. The first-order valence-electron chi connectivity index (χ1n) is 7.22. The zero-order valence-corrected chi connectivity index (χ0v) is 14.2. The van der Waals surface area contributed by atoms with Crippen molar-refractivity contribution in [3.63, 3.8) is 0 Å². The minimum Gasteiger partial charge on any atom is -0.326 e. The van der Waals surface area contributed by atoms with Gasteiger partial charge in [-0.15, -0.1) is 0 Å².